The first kappa shape index (κ1) is 11.1. The summed E-state index contributed by atoms with van der Waals surface area (Å²) >= 11 is 0. The van der Waals surface area contributed by atoms with Gasteiger partial charge in [0.1, 0.15) is 0 Å². The quantitative estimate of drug-likeness (QED) is 0.783. The van der Waals surface area contributed by atoms with Crippen molar-refractivity contribution in [3.05, 3.63) is 0 Å². The van der Waals surface area contributed by atoms with Crippen molar-refractivity contribution >= 4 is 6.03 Å². The van der Waals surface area contributed by atoms with Crippen LogP contribution in [0.3, 0.4) is 0 Å². The zero-order valence-corrected chi connectivity index (χ0v) is 10.9. The van der Waals surface area contributed by atoms with E-state index < -0.39 is 0 Å². The summed E-state index contributed by atoms with van der Waals surface area (Å²) in [6.07, 6.45) is 3.48. The van der Waals surface area contributed by atoms with E-state index >= 15 is 0 Å². The van der Waals surface area contributed by atoms with Gasteiger partial charge in [0.15, 0.2) is 0 Å². The van der Waals surface area contributed by atoms with Crippen LogP contribution in [0.25, 0.3) is 0 Å². The van der Waals surface area contributed by atoms with Crippen molar-refractivity contribution in [2.75, 3.05) is 39.9 Å². The fourth-order valence-electron chi connectivity index (χ4n) is 4.70. The van der Waals surface area contributed by atoms with Crippen LogP contribution < -0.4 is 5.32 Å². The van der Waals surface area contributed by atoms with Crippen LogP contribution in [-0.2, 0) is 4.74 Å². The van der Waals surface area contributed by atoms with Crippen molar-refractivity contribution in [2.24, 2.45) is 5.41 Å². The first-order valence-corrected chi connectivity index (χ1v) is 6.96. The maximum Gasteiger partial charge on any atom is 0.320 e. The SMILES string of the molecule is COCC12CC(N3CC4CNCCN4C3=O)(C1)C2. The lowest BCUT2D eigenvalue weighted by atomic mass is 9.39. The Bertz CT molecular complexity index is 378. The van der Waals surface area contributed by atoms with E-state index in [1.54, 1.807) is 7.11 Å². The molecule has 2 saturated heterocycles. The van der Waals surface area contributed by atoms with Gasteiger partial charge >= 0.3 is 6.03 Å². The fraction of sp³-hybridized carbons (Fsp3) is 0.923. The highest BCUT2D eigenvalue weighted by Gasteiger charge is 2.72. The lowest BCUT2D eigenvalue weighted by Crippen LogP contribution is -2.76. The zero-order valence-electron chi connectivity index (χ0n) is 10.9. The third-order valence-electron chi connectivity index (χ3n) is 5.36. The molecule has 5 nitrogen and oxygen atoms in total. The fourth-order valence-corrected chi connectivity index (χ4v) is 4.70. The summed E-state index contributed by atoms with van der Waals surface area (Å²) in [5.41, 5.74) is 0.614. The normalized spacial score (nSPS) is 45.6. The summed E-state index contributed by atoms with van der Waals surface area (Å²) in [4.78, 5) is 16.7. The molecule has 5 rings (SSSR count). The first-order valence-electron chi connectivity index (χ1n) is 6.96. The highest BCUT2D eigenvalue weighted by molar-refractivity contribution is 5.79. The number of carbonyl (C=O) groups excluding carboxylic acids is 1. The zero-order chi connectivity index (χ0) is 12.4. The predicted molar refractivity (Wildman–Crippen MR) is 66.4 cm³/mol. The molecule has 18 heavy (non-hydrogen) atoms. The van der Waals surface area contributed by atoms with Crippen LogP contribution >= 0.6 is 0 Å². The molecule has 2 heterocycles. The van der Waals surface area contributed by atoms with Gasteiger partial charge in [0.05, 0.1) is 12.6 Å². The van der Waals surface area contributed by atoms with E-state index in [-0.39, 0.29) is 11.6 Å². The van der Waals surface area contributed by atoms with Gasteiger partial charge < -0.3 is 19.9 Å². The van der Waals surface area contributed by atoms with Crippen LogP contribution in [0.1, 0.15) is 19.3 Å². The van der Waals surface area contributed by atoms with E-state index in [1.807, 2.05) is 0 Å². The number of ether oxygens (including phenoxy) is 1. The van der Waals surface area contributed by atoms with Crippen LogP contribution in [0, 0.1) is 5.41 Å². The van der Waals surface area contributed by atoms with Crippen molar-refractivity contribution in [3.8, 4) is 0 Å². The standard InChI is InChI=1S/C13H21N3O2/c1-18-9-12-6-13(7-12,8-12)16-5-10-4-14-2-3-15(10)11(16)17/h10,14H,2-9H2,1H3. The Morgan fingerprint density at radius 1 is 1.44 bits per heavy atom. The Hall–Kier alpha value is -0.810. The first-order chi connectivity index (χ1) is 8.68. The Balaban J connectivity index is 1.47. The summed E-state index contributed by atoms with van der Waals surface area (Å²) in [5.74, 6) is 0. The molecule has 100 valence electrons. The number of hydrogen-bond acceptors (Lipinski definition) is 3. The van der Waals surface area contributed by atoms with E-state index in [9.17, 15) is 4.79 Å². The number of piperazine rings is 1. The second-order valence-corrected chi connectivity index (χ2v) is 6.63. The van der Waals surface area contributed by atoms with Crippen LogP contribution in [0.5, 0.6) is 0 Å². The second-order valence-electron chi connectivity index (χ2n) is 6.63. The monoisotopic (exact) mass is 251 g/mol. The van der Waals surface area contributed by atoms with Crippen LogP contribution in [0.4, 0.5) is 4.79 Å². The Morgan fingerprint density at radius 3 is 2.89 bits per heavy atom. The maximum absolute atomic E-state index is 12.5. The topological polar surface area (TPSA) is 44.8 Å². The number of amides is 2. The van der Waals surface area contributed by atoms with Gasteiger partial charge in [-0.25, -0.2) is 4.79 Å². The molecule has 5 aliphatic rings. The number of nitrogens with one attached hydrogen (secondary N) is 1. The minimum Gasteiger partial charge on any atom is -0.384 e. The number of rotatable bonds is 3. The Kier molecular flexibility index (Phi) is 2.08. The van der Waals surface area contributed by atoms with E-state index in [0.717, 1.165) is 52.0 Å². The summed E-state index contributed by atoms with van der Waals surface area (Å²) in [5, 5.41) is 3.38. The number of fused-ring (bicyclic) bond motifs is 1. The van der Waals surface area contributed by atoms with Crippen molar-refractivity contribution in [3.63, 3.8) is 0 Å². The van der Waals surface area contributed by atoms with Gasteiger partial charge in [-0.2, -0.15) is 0 Å². The molecule has 1 atom stereocenters. The number of methoxy groups -OCH3 is 1. The van der Waals surface area contributed by atoms with Crippen LogP contribution in [0.2, 0.25) is 0 Å². The number of carbonyl (C=O) groups is 1. The number of hydrogen-bond donors (Lipinski definition) is 1. The predicted octanol–water partition coefficient (Wildman–Crippen LogP) is 0.265. The van der Waals surface area contributed by atoms with Crippen LogP contribution in [-0.4, -0.2) is 67.3 Å². The summed E-state index contributed by atoms with van der Waals surface area (Å²) in [7, 11) is 1.78. The molecule has 0 aromatic carbocycles. The Morgan fingerprint density at radius 2 is 2.22 bits per heavy atom. The molecule has 0 aromatic rings. The van der Waals surface area contributed by atoms with E-state index in [0.29, 0.717) is 11.5 Å². The highest BCUT2D eigenvalue weighted by Crippen LogP contribution is 2.70. The third-order valence-corrected chi connectivity index (χ3v) is 5.36. The van der Waals surface area contributed by atoms with Crippen molar-refractivity contribution < 1.29 is 9.53 Å². The highest BCUT2D eigenvalue weighted by atomic mass is 16.5. The van der Waals surface area contributed by atoms with E-state index in [1.165, 1.54) is 0 Å². The third kappa shape index (κ3) is 1.21. The molecule has 2 amide bonds. The lowest BCUT2D eigenvalue weighted by Gasteiger charge is -2.73. The largest absolute Gasteiger partial charge is 0.384 e. The van der Waals surface area contributed by atoms with E-state index in [4.69, 9.17) is 4.74 Å². The van der Waals surface area contributed by atoms with Gasteiger partial charge in [-0.1, -0.05) is 0 Å². The molecule has 0 radical (unpaired) electrons. The van der Waals surface area contributed by atoms with Gasteiger partial charge in [-0.05, 0) is 19.3 Å². The van der Waals surface area contributed by atoms with E-state index in [2.05, 4.69) is 15.1 Å². The molecule has 1 N–H and O–H groups in total. The van der Waals surface area contributed by atoms with Crippen LogP contribution in [0.15, 0.2) is 0 Å². The molecular formula is C13H21N3O2. The van der Waals surface area contributed by atoms with Gasteiger partial charge in [0, 0.05) is 44.2 Å². The average Bonchev–Trinajstić information content (AvgIpc) is 2.60. The lowest BCUT2D eigenvalue weighted by molar-refractivity contribution is -0.222. The Labute approximate surface area is 107 Å². The van der Waals surface area contributed by atoms with Gasteiger partial charge in [-0.3, -0.25) is 0 Å². The molecule has 5 heteroatoms. The molecule has 1 unspecified atom stereocenters. The minimum atomic E-state index is 0.201. The van der Waals surface area contributed by atoms with Gasteiger partial charge in [0.25, 0.3) is 0 Å². The molecule has 3 aliphatic carbocycles. The summed E-state index contributed by atoms with van der Waals surface area (Å²) in [6.45, 7) is 4.57. The van der Waals surface area contributed by atoms with Crippen molar-refractivity contribution in [1.82, 2.24) is 15.1 Å². The maximum atomic E-state index is 12.5. The molecule has 2 bridgehead atoms. The van der Waals surface area contributed by atoms with Gasteiger partial charge in [-0.15, -0.1) is 0 Å². The molecule has 0 spiro atoms. The minimum absolute atomic E-state index is 0.201. The molecule has 5 fully saturated rings. The smallest absolute Gasteiger partial charge is 0.320 e. The molecule has 3 saturated carbocycles. The van der Waals surface area contributed by atoms with Crippen molar-refractivity contribution in [1.29, 1.82) is 0 Å². The second kappa shape index (κ2) is 3.39. The number of urea groups is 1. The van der Waals surface area contributed by atoms with Gasteiger partial charge in [0.2, 0.25) is 0 Å². The average molecular weight is 251 g/mol. The summed E-state index contributed by atoms with van der Waals surface area (Å²) in [6, 6.07) is 0.686. The molecule has 0 aromatic heterocycles. The molecule has 2 aliphatic heterocycles. The summed E-state index contributed by atoms with van der Waals surface area (Å²) < 4.78 is 5.29. The molecular weight excluding hydrogens is 230 g/mol. The van der Waals surface area contributed by atoms with Crippen molar-refractivity contribution in [2.45, 2.75) is 30.8 Å². The number of nitrogens with zero attached hydrogens (tertiary/aromatic N) is 2.